The molecule has 3 aromatic heterocycles. The highest BCUT2D eigenvalue weighted by Crippen LogP contribution is 2.35. The molecule has 37 heavy (non-hydrogen) atoms. The number of carbonyl (C=O) groups is 3. The third-order valence-corrected chi connectivity index (χ3v) is 6.58. The van der Waals surface area contributed by atoms with Gasteiger partial charge in [-0.25, -0.2) is 9.50 Å². The largest absolute Gasteiger partial charge is 0.361 e. The summed E-state index contributed by atoms with van der Waals surface area (Å²) in [7, 11) is 0. The number of hydrogen-bond acceptors (Lipinski definition) is 6. The third-order valence-electron chi connectivity index (χ3n) is 6.58. The lowest BCUT2D eigenvalue weighted by Gasteiger charge is -2.16. The number of pyridine rings is 1. The van der Waals surface area contributed by atoms with Gasteiger partial charge in [-0.2, -0.15) is 5.10 Å². The van der Waals surface area contributed by atoms with Gasteiger partial charge >= 0.3 is 0 Å². The van der Waals surface area contributed by atoms with Gasteiger partial charge in [0.15, 0.2) is 11.4 Å². The van der Waals surface area contributed by atoms with Crippen LogP contribution in [0.1, 0.15) is 73.0 Å². The average Bonchev–Trinajstić information content (AvgIpc) is 3.54. The monoisotopic (exact) mass is 493 g/mol. The topological polar surface area (TPSA) is 123 Å². The van der Waals surface area contributed by atoms with Gasteiger partial charge < -0.3 is 15.5 Å². The lowest BCUT2D eigenvalue weighted by Crippen LogP contribution is -2.30. The standard InChI is InChI=1S/C27H23N7O3/c1-15-18(16(2)35)4-5-20-19(15)6-7-21(20)33-27(37)23-13-22(32-25-9-11-31-34(23)25)26(36)30-14-17-8-10-29-24(12-17)28-3/h4-5,8-13,21H,6-7,14H2,1-2H3,(H,30,36)(H,33,37)/t21-/m0/s1. The van der Waals surface area contributed by atoms with Crippen LogP contribution in [0, 0.1) is 13.5 Å². The van der Waals surface area contributed by atoms with Gasteiger partial charge in [-0.3, -0.25) is 14.4 Å². The number of nitrogens with one attached hydrogen (secondary N) is 2. The number of amides is 2. The minimum Gasteiger partial charge on any atom is -0.361 e. The molecule has 4 aromatic rings. The Morgan fingerprint density at radius 1 is 1.14 bits per heavy atom. The molecule has 1 atom stereocenters. The van der Waals surface area contributed by atoms with Crippen molar-refractivity contribution in [1.82, 2.24) is 30.2 Å². The fraction of sp³-hybridized carbons (Fsp3) is 0.222. The number of aromatic nitrogens is 4. The summed E-state index contributed by atoms with van der Waals surface area (Å²) in [5, 5.41) is 10.0. The van der Waals surface area contributed by atoms with Crippen LogP contribution in [0.3, 0.4) is 0 Å². The SMILES string of the molecule is [C-]#[N+]c1cc(CNC(=O)c2cc(C(=O)N[C@H]3CCc4c3ccc(C(C)=O)c4C)n3nccc3n2)ccn1. The zero-order valence-corrected chi connectivity index (χ0v) is 20.3. The van der Waals surface area contributed by atoms with Crippen molar-refractivity contribution >= 4 is 29.1 Å². The summed E-state index contributed by atoms with van der Waals surface area (Å²) in [6.07, 6.45) is 4.50. The predicted octanol–water partition coefficient (Wildman–Crippen LogP) is 3.53. The first-order chi connectivity index (χ1) is 17.9. The molecule has 1 aliphatic carbocycles. The number of rotatable bonds is 6. The Balaban J connectivity index is 1.38. The zero-order chi connectivity index (χ0) is 26.1. The fourth-order valence-electron chi connectivity index (χ4n) is 4.74. The van der Waals surface area contributed by atoms with Gasteiger partial charge in [0.05, 0.1) is 12.2 Å². The van der Waals surface area contributed by atoms with E-state index in [1.54, 1.807) is 25.1 Å². The second-order valence-electron chi connectivity index (χ2n) is 8.87. The molecular weight excluding hydrogens is 470 g/mol. The second kappa shape index (κ2) is 9.62. The average molecular weight is 494 g/mol. The molecule has 0 aliphatic heterocycles. The number of Topliss-reactive ketones (excluding diaryl/α,β-unsaturated/α-hetero) is 1. The first kappa shape index (κ1) is 23.8. The van der Waals surface area contributed by atoms with E-state index in [0.717, 1.165) is 28.7 Å². The van der Waals surface area contributed by atoms with Crippen LogP contribution in [-0.2, 0) is 13.0 Å². The minimum absolute atomic E-state index is 0.0206. The van der Waals surface area contributed by atoms with E-state index in [1.807, 2.05) is 19.1 Å². The van der Waals surface area contributed by atoms with Crippen LogP contribution in [0.5, 0.6) is 0 Å². The molecule has 0 bridgehead atoms. The van der Waals surface area contributed by atoms with Crippen LogP contribution in [0.15, 0.2) is 48.8 Å². The van der Waals surface area contributed by atoms with E-state index < -0.39 is 5.91 Å². The Morgan fingerprint density at radius 2 is 1.97 bits per heavy atom. The van der Waals surface area contributed by atoms with Gasteiger partial charge in [-0.1, -0.05) is 18.7 Å². The van der Waals surface area contributed by atoms with E-state index >= 15 is 0 Å². The van der Waals surface area contributed by atoms with Crippen molar-refractivity contribution in [1.29, 1.82) is 0 Å². The molecule has 0 spiro atoms. The Bertz CT molecular complexity index is 1620. The maximum atomic E-state index is 13.4. The Labute approximate surface area is 212 Å². The maximum absolute atomic E-state index is 13.4. The van der Waals surface area contributed by atoms with Gasteiger partial charge in [0.1, 0.15) is 17.6 Å². The summed E-state index contributed by atoms with van der Waals surface area (Å²) < 4.78 is 1.40. The van der Waals surface area contributed by atoms with Gasteiger partial charge in [0, 0.05) is 24.2 Å². The molecule has 1 aromatic carbocycles. The molecule has 184 valence electrons. The van der Waals surface area contributed by atoms with Crippen molar-refractivity contribution in [3.8, 4) is 0 Å². The smallest absolute Gasteiger partial charge is 0.270 e. The first-order valence-electron chi connectivity index (χ1n) is 11.7. The van der Waals surface area contributed by atoms with Crippen LogP contribution >= 0.6 is 0 Å². The van der Waals surface area contributed by atoms with E-state index in [-0.39, 0.29) is 41.5 Å². The summed E-state index contributed by atoms with van der Waals surface area (Å²) >= 11 is 0. The lowest BCUT2D eigenvalue weighted by atomic mass is 9.96. The van der Waals surface area contributed by atoms with Crippen molar-refractivity contribution in [3.63, 3.8) is 0 Å². The number of benzene rings is 1. The van der Waals surface area contributed by atoms with Gasteiger partial charge in [-0.15, -0.1) is 4.98 Å². The van der Waals surface area contributed by atoms with Gasteiger partial charge in [0.2, 0.25) is 0 Å². The van der Waals surface area contributed by atoms with E-state index in [4.69, 9.17) is 6.57 Å². The number of hydrogen-bond donors (Lipinski definition) is 2. The summed E-state index contributed by atoms with van der Waals surface area (Å²) in [4.78, 5) is 49.8. The van der Waals surface area contributed by atoms with Crippen LogP contribution in [0.2, 0.25) is 0 Å². The van der Waals surface area contributed by atoms with E-state index in [9.17, 15) is 14.4 Å². The van der Waals surface area contributed by atoms with Crippen molar-refractivity contribution in [3.05, 3.63) is 99.4 Å². The van der Waals surface area contributed by atoms with Crippen molar-refractivity contribution in [2.75, 3.05) is 0 Å². The maximum Gasteiger partial charge on any atom is 0.270 e. The molecule has 10 heteroatoms. The summed E-state index contributed by atoms with van der Waals surface area (Å²) in [5.74, 6) is -0.581. The second-order valence-corrected chi connectivity index (χ2v) is 8.87. The molecule has 1 aliphatic rings. The Kier molecular flexibility index (Phi) is 6.19. The van der Waals surface area contributed by atoms with Gasteiger partial charge in [-0.05, 0) is 61.1 Å². The molecule has 3 heterocycles. The number of ketones is 1. The first-order valence-corrected chi connectivity index (χ1v) is 11.7. The molecule has 0 fully saturated rings. The molecule has 0 saturated carbocycles. The van der Waals surface area contributed by atoms with E-state index in [0.29, 0.717) is 17.6 Å². The predicted molar refractivity (Wildman–Crippen MR) is 134 cm³/mol. The minimum atomic E-state index is -0.461. The molecule has 0 radical (unpaired) electrons. The van der Waals surface area contributed by atoms with Crippen molar-refractivity contribution in [2.45, 2.75) is 39.3 Å². The molecule has 10 nitrogen and oxygen atoms in total. The number of fused-ring (bicyclic) bond motifs is 2. The molecular formula is C27H23N7O3. The third kappa shape index (κ3) is 4.54. The summed E-state index contributed by atoms with van der Waals surface area (Å²) in [5.41, 5.74) is 5.09. The highest BCUT2D eigenvalue weighted by molar-refractivity contribution is 5.99. The molecule has 2 amide bonds. The van der Waals surface area contributed by atoms with Crippen LogP contribution in [-0.4, -0.2) is 37.2 Å². The van der Waals surface area contributed by atoms with Crippen molar-refractivity contribution < 1.29 is 14.4 Å². The number of carbonyl (C=O) groups excluding carboxylic acids is 3. The van der Waals surface area contributed by atoms with Crippen LogP contribution in [0.25, 0.3) is 10.5 Å². The lowest BCUT2D eigenvalue weighted by molar-refractivity contribution is 0.0927. The fourth-order valence-corrected chi connectivity index (χ4v) is 4.74. The Morgan fingerprint density at radius 3 is 2.76 bits per heavy atom. The van der Waals surface area contributed by atoms with Crippen molar-refractivity contribution in [2.24, 2.45) is 0 Å². The summed E-state index contributed by atoms with van der Waals surface area (Å²) in [6, 6.07) is 9.84. The number of nitrogens with zero attached hydrogens (tertiary/aromatic N) is 5. The summed E-state index contributed by atoms with van der Waals surface area (Å²) in [6.45, 7) is 10.8. The zero-order valence-electron chi connectivity index (χ0n) is 20.3. The highest BCUT2D eigenvalue weighted by Gasteiger charge is 2.28. The quantitative estimate of drug-likeness (QED) is 0.313. The Hall–Kier alpha value is -4.91. The van der Waals surface area contributed by atoms with E-state index in [1.165, 1.54) is 23.0 Å². The molecule has 2 N–H and O–H groups in total. The van der Waals surface area contributed by atoms with E-state index in [2.05, 4.69) is 30.5 Å². The van der Waals surface area contributed by atoms with Gasteiger partial charge in [0.25, 0.3) is 17.6 Å². The molecule has 5 rings (SSSR count). The van der Waals surface area contributed by atoms with Crippen LogP contribution < -0.4 is 10.6 Å². The molecule has 0 unspecified atom stereocenters. The molecule has 0 saturated heterocycles. The normalized spacial score (nSPS) is 14.1. The van der Waals surface area contributed by atoms with Crippen LogP contribution in [0.4, 0.5) is 5.82 Å². The highest BCUT2D eigenvalue weighted by atomic mass is 16.2.